The lowest BCUT2D eigenvalue weighted by Crippen LogP contribution is -2.38. The lowest BCUT2D eigenvalue weighted by atomic mass is 10.1. The number of nitrogens with zero attached hydrogens (tertiary/aromatic N) is 2. The fourth-order valence-corrected chi connectivity index (χ4v) is 3.09. The molecule has 0 spiro atoms. The summed E-state index contributed by atoms with van der Waals surface area (Å²) in [6.07, 6.45) is 2.74. The fraction of sp³-hybridized carbons (Fsp3) is 0.333. The van der Waals surface area contributed by atoms with Crippen molar-refractivity contribution < 1.29 is 9.53 Å². The molecular weight excluding hydrogens is 272 g/mol. The van der Waals surface area contributed by atoms with E-state index in [4.69, 9.17) is 4.74 Å². The number of aliphatic imine (C=N–C) groups is 1. The highest BCUT2D eigenvalue weighted by atomic mass is 32.2. The molecule has 1 fully saturated rings. The van der Waals surface area contributed by atoms with Crippen LogP contribution in [0.5, 0.6) is 0 Å². The zero-order valence-electron chi connectivity index (χ0n) is 11.1. The van der Waals surface area contributed by atoms with Crippen LogP contribution in [-0.2, 0) is 16.0 Å². The van der Waals surface area contributed by atoms with E-state index >= 15 is 0 Å². The Morgan fingerprint density at radius 2 is 2.00 bits per heavy atom. The number of thioether (sulfide) groups is 1. The number of morpholine rings is 1. The van der Waals surface area contributed by atoms with Crippen LogP contribution in [0.1, 0.15) is 5.56 Å². The number of benzene rings is 1. The molecule has 2 aliphatic rings. The molecule has 2 aliphatic heterocycles. The Hall–Kier alpha value is -1.59. The molecule has 3 rings (SSSR count). The fourth-order valence-electron chi connectivity index (χ4n) is 2.15. The van der Waals surface area contributed by atoms with Gasteiger partial charge in [-0.05, 0) is 23.7 Å². The molecule has 0 unspecified atom stereocenters. The standard InChI is InChI=1S/C15H16N2O2S/c18-14-13(7-6-12-4-2-1-3-5-12)20-15(16-14)17-8-10-19-11-9-17/h1-5,7H,6,8-11H2. The van der Waals surface area contributed by atoms with E-state index in [-0.39, 0.29) is 5.91 Å². The van der Waals surface area contributed by atoms with Crippen LogP contribution in [-0.4, -0.2) is 42.3 Å². The first-order valence-electron chi connectivity index (χ1n) is 6.70. The van der Waals surface area contributed by atoms with Crippen LogP contribution in [0, 0.1) is 0 Å². The van der Waals surface area contributed by atoms with Gasteiger partial charge in [-0.3, -0.25) is 4.79 Å². The van der Waals surface area contributed by atoms with Gasteiger partial charge in [0.15, 0.2) is 5.17 Å². The van der Waals surface area contributed by atoms with Crippen LogP contribution in [0.15, 0.2) is 46.3 Å². The molecule has 0 aromatic heterocycles. The van der Waals surface area contributed by atoms with Gasteiger partial charge in [0.05, 0.1) is 18.1 Å². The Kier molecular flexibility index (Phi) is 4.18. The summed E-state index contributed by atoms with van der Waals surface area (Å²) in [7, 11) is 0. The van der Waals surface area contributed by atoms with E-state index in [9.17, 15) is 4.79 Å². The van der Waals surface area contributed by atoms with Crippen molar-refractivity contribution in [2.45, 2.75) is 6.42 Å². The first-order valence-corrected chi connectivity index (χ1v) is 7.52. The summed E-state index contributed by atoms with van der Waals surface area (Å²) in [6.45, 7) is 3.03. The number of rotatable bonds is 2. The van der Waals surface area contributed by atoms with Crippen LogP contribution in [0.25, 0.3) is 0 Å². The molecule has 0 saturated carbocycles. The molecule has 1 saturated heterocycles. The number of carbonyl (C=O) groups excluding carboxylic acids is 1. The van der Waals surface area contributed by atoms with E-state index in [0.29, 0.717) is 13.2 Å². The van der Waals surface area contributed by atoms with E-state index in [0.717, 1.165) is 29.6 Å². The number of amidine groups is 1. The van der Waals surface area contributed by atoms with Crippen molar-refractivity contribution in [3.8, 4) is 0 Å². The van der Waals surface area contributed by atoms with Crippen molar-refractivity contribution >= 4 is 22.8 Å². The highest BCUT2D eigenvalue weighted by molar-refractivity contribution is 8.18. The third kappa shape index (κ3) is 3.11. The van der Waals surface area contributed by atoms with Gasteiger partial charge in [-0.1, -0.05) is 36.4 Å². The summed E-state index contributed by atoms with van der Waals surface area (Å²) >= 11 is 1.48. The molecule has 0 bridgehead atoms. The highest BCUT2D eigenvalue weighted by Crippen LogP contribution is 2.29. The maximum absolute atomic E-state index is 11.9. The van der Waals surface area contributed by atoms with Gasteiger partial charge in [0.1, 0.15) is 0 Å². The van der Waals surface area contributed by atoms with E-state index in [1.54, 1.807) is 0 Å². The van der Waals surface area contributed by atoms with Gasteiger partial charge in [-0.2, -0.15) is 4.99 Å². The van der Waals surface area contributed by atoms with Crippen molar-refractivity contribution in [3.63, 3.8) is 0 Å². The Balaban J connectivity index is 1.64. The summed E-state index contributed by atoms with van der Waals surface area (Å²) in [4.78, 5) is 18.9. The number of carbonyl (C=O) groups is 1. The third-order valence-electron chi connectivity index (χ3n) is 3.26. The van der Waals surface area contributed by atoms with Gasteiger partial charge < -0.3 is 9.64 Å². The van der Waals surface area contributed by atoms with Crippen molar-refractivity contribution in [1.29, 1.82) is 0 Å². The normalized spacial score (nSPS) is 21.4. The highest BCUT2D eigenvalue weighted by Gasteiger charge is 2.26. The SMILES string of the molecule is O=C1N=C(N2CCOCC2)SC1=CCc1ccccc1. The van der Waals surface area contributed by atoms with Crippen LogP contribution in [0.3, 0.4) is 0 Å². The Morgan fingerprint density at radius 1 is 1.25 bits per heavy atom. The number of hydrogen-bond acceptors (Lipinski definition) is 4. The topological polar surface area (TPSA) is 41.9 Å². The summed E-state index contributed by atoms with van der Waals surface area (Å²) in [5.74, 6) is -0.118. The van der Waals surface area contributed by atoms with Gasteiger partial charge in [0.2, 0.25) is 0 Å². The van der Waals surface area contributed by atoms with E-state index in [1.807, 2.05) is 24.3 Å². The van der Waals surface area contributed by atoms with Crippen molar-refractivity contribution in [2.75, 3.05) is 26.3 Å². The molecule has 0 aliphatic carbocycles. The largest absolute Gasteiger partial charge is 0.378 e. The van der Waals surface area contributed by atoms with Crippen molar-refractivity contribution in [2.24, 2.45) is 4.99 Å². The van der Waals surface area contributed by atoms with Gasteiger partial charge in [0.25, 0.3) is 5.91 Å². The molecule has 1 amide bonds. The minimum atomic E-state index is -0.118. The number of amides is 1. The molecule has 0 N–H and O–H groups in total. The first-order chi connectivity index (χ1) is 9.83. The number of ether oxygens (including phenoxy) is 1. The predicted octanol–water partition coefficient (Wildman–Crippen LogP) is 2.07. The van der Waals surface area contributed by atoms with Crippen LogP contribution >= 0.6 is 11.8 Å². The molecule has 104 valence electrons. The van der Waals surface area contributed by atoms with E-state index < -0.39 is 0 Å². The van der Waals surface area contributed by atoms with Gasteiger partial charge >= 0.3 is 0 Å². The second kappa shape index (κ2) is 6.24. The summed E-state index contributed by atoms with van der Waals surface area (Å²) in [6, 6.07) is 10.1. The smallest absolute Gasteiger partial charge is 0.285 e. The quantitative estimate of drug-likeness (QED) is 0.781. The monoisotopic (exact) mass is 288 g/mol. The molecule has 1 aromatic rings. The summed E-state index contributed by atoms with van der Waals surface area (Å²) < 4.78 is 5.31. The zero-order valence-corrected chi connectivity index (χ0v) is 11.9. The molecule has 2 heterocycles. The molecule has 1 aromatic carbocycles. The van der Waals surface area contributed by atoms with Crippen molar-refractivity contribution in [3.05, 3.63) is 46.9 Å². The lowest BCUT2D eigenvalue weighted by molar-refractivity contribution is -0.113. The van der Waals surface area contributed by atoms with Gasteiger partial charge in [0, 0.05) is 13.1 Å². The molecule has 0 radical (unpaired) electrons. The van der Waals surface area contributed by atoms with E-state index in [2.05, 4.69) is 22.0 Å². The second-order valence-electron chi connectivity index (χ2n) is 4.66. The molecule has 0 atom stereocenters. The maximum atomic E-state index is 11.9. The lowest BCUT2D eigenvalue weighted by Gasteiger charge is -2.27. The van der Waals surface area contributed by atoms with E-state index in [1.165, 1.54) is 17.3 Å². The number of hydrogen-bond donors (Lipinski definition) is 0. The second-order valence-corrected chi connectivity index (χ2v) is 5.67. The van der Waals surface area contributed by atoms with Crippen LogP contribution in [0.2, 0.25) is 0 Å². The van der Waals surface area contributed by atoms with Gasteiger partial charge in [-0.15, -0.1) is 0 Å². The summed E-state index contributed by atoms with van der Waals surface area (Å²) in [5.41, 5.74) is 1.20. The van der Waals surface area contributed by atoms with Crippen LogP contribution < -0.4 is 0 Å². The zero-order chi connectivity index (χ0) is 13.8. The molecular formula is C15H16N2O2S. The minimum absolute atomic E-state index is 0.118. The maximum Gasteiger partial charge on any atom is 0.285 e. The average molecular weight is 288 g/mol. The number of allylic oxidation sites excluding steroid dienone is 1. The van der Waals surface area contributed by atoms with Gasteiger partial charge in [-0.25, -0.2) is 0 Å². The Morgan fingerprint density at radius 3 is 2.75 bits per heavy atom. The summed E-state index contributed by atoms with van der Waals surface area (Å²) in [5, 5.41) is 0.817. The average Bonchev–Trinajstić information content (AvgIpc) is 2.88. The third-order valence-corrected chi connectivity index (χ3v) is 4.35. The first kappa shape index (κ1) is 13.4. The van der Waals surface area contributed by atoms with Crippen molar-refractivity contribution in [1.82, 2.24) is 4.90 Å². The molecule has 4 nitrogen and oxygen atoms in total. The predicted molar refractivity (Wildman–Crippen MR) is 80.7 cm³/mol. The Labute approximate surface area is 122 Å². The minimum Gasteiger partial charge on any atom is -0.378 e. The molecule has 20 heavy (non-hydrogen) atoms. The van der Waals surface area contributed by atoms with Crippen LogP contribution in [0.4, 0.5) is 0 Å². The Bertz CT molecular complexity index is 548. The molecule has 5 heteroatoms.